The van der Waals surface area contributed by atoms with Crippen molar-refractivity contribution in [1.29, 1.82) is 0 Å². The first-order valence-corrected chi connectivity index (χ1v) is 8.26. The summed E-state index contributed by atoms with van der Waals surface area (Å²) in [5.74, 6) is -0.231. The molecule has 0 radical (unpaired) electrons. The highest BCUT2D eigenvalue weighted by atomic mass is 16.5. The van der Waals surface area contributed by atoms with Crippen LogP contribution in [0.1, 0.15) is 43.7 Å². The number of esters is 1. The summed E-state index contributed by atoms with van der Waals surface area (Å²) in [5.41, 5.74) is 2.05. The van der Waals surface area contributed by atoms with Crippen molar-refractivity contribution in [2.45, 2.75) is 45.6 Å². The minimum absolute atomic E-state index is 0.206. The molecule has 0 heterocycles. The maximum Gasteiger partial charge on any atom is 0.331 e. The molecule has 2 atom stereocenters. The number of amides is 1. The number of nitrogens with one attached hydrogen (secondary N) is 1. The van der Waals surface area contributed by atoms with E-state index < -0.39 is 5.97 Å². The maximum atomic E-state index is 11.9. The molecule has 1 aliphatic rings. The van der Waals surface area contributed by atoms with Crippen LogP contribution >= 0.6 is 0 Å². The van der Waals surface area contributed by atoms with E-state index in [4.69, 9.17) is 4.74 Å². The van der Waals surface area contributed by atoms with Crippen LogP contribution < -0.4 is 5.32 Å². The van der Waals surface area contributed by atoms with E-state index in [0.717, 1.165) is 30.4 Å². The van der Waals surface area contributed by atoms with E-state index in [1.807, 2.05) is 31.2 Å². The number of hydrogen-bond donors (Lipinski definition) is 1. The van der Waals surface area contributed by atoms with Crippen LogP contribution in [-0.2, 0) is 14.3 Å². The van der Waals surface area contributed by atoms with Crippen molar-refractivity contribution < 1.29 is 14.3 Å². The molecule has 0 spiro atoms. The molecule has 0 aromatic heterocycles. The minimum Gasteiger partial charge on any atom is -0.452 e. The summed E-state index contributed by atoms with van der Waals surface area (Å²) in [5, 5.41) is 2.97. The van der Waals surface area contributed by atoms with E-state index in [2.05, 4.69) is 12.2 Å². The van der Waals surface area contributed by atoms with Gasteiger partial charge < -0.3 is 10.1 Å². The number of rotatable bonds is 5. The number of carbonyl (C=O) groups is 2. The summed E-state index contributed by atoms with van der Waals surface area (Å²) in [4.78, 5) is 23.6. The Hall–Kier alpha value is -2.10. The Bertz CT molecular complexity index is 580. The van der Waals surface area contributed by atoms with Crippen LogP contribution in [0.2, 0.25) is 0 Å². The lowest BCUT2D eigenvalue weighted by atomic mass is 9.86. The Morgan fingerprint density at radius 1 is 1.26 bits per heavy atom. The molecule has 1 saturated carbocycles. The lowest BCUT2D eigenvalue weighted by Crippen LogP contribution is -2.42. The second-order valence-corrected chi connectivity index (χ2v) is 6.23. The SMILES string of the molecule is Cc1ccccc1/C=C/C(=O)OCC(=O)N[C@H]1CCCC[C@@H]1C. The molecule has 23 heavy (non-hydrogen) atoms. The predicted molar refractivity (Wildman–Crippen MR) is 90.7 cm³/mol. The molecule has 1 aliphatic carbocycles. The number of hydrogen-bond acceptors (Lipinski definition) is 3. The second-order valence-electron chi connectivity index (χ2n) is 6.23. The zero-order valence-electron chi connectivity index (χ0n) is 13.9. The van der Waals surface area contributed by atoms with Crippen LogP contribution in [0, 0.1) is 12.8 Å². The quantitative estimate of drug-likeness (QED) is 0.670. The average molecular weight is 315 g/mol. The zero-order valence-corrected chi connectivity index (χ0v) is 13.9. The third-order valence-electron chi connectivity index (χ3n) is 4.39. The fraction of sp³-hybridized carbons (Fsp3) is 0.474. The van der Waals surface area contributed by atoms with E-state index >= 15 is 0 Å². The summed E-state index contributed by atoms with van der Waals surface area (Å²) in [6, 6.07) is 7.97. The van der Waals surface area contributed by atoms with Gasteiger partial charge in [0, 0.05) is 12.1 Å². The monoisotopic (exact) mass is 315 g/mol. The van der Waals surface area contributed by atoms with Gasteiger partial charge in [-0.3, -0.25) is 4.79 Å². The third-order valence-corrected chi connectivity index (χ3v) is 4.39. The Morgan fingerprint density at radius 2 is 2.00 bits per heavy atom. The molecule has 1 aromatic rings. The van der Waals surface area contributed by atoms with Gasteiger partial charge in [0.2, 0.25) is 0 Å². The standard InChI is InChI=1S/C19H25NO3/c1-14-7-3-5-9-16(14)11-12-19(22)23-13-18(21)20-17-10-6-4-8-15(17)2/h3,5,7,9,11-12,15,17H,4,6,8,10,13H2,1-2H3,(H,20,21)/b12-11+/t15-,17-/m0/s1. The highest BCUT2D eigenvalue weighted by Gasteiger charge is 2.22. The van der Waals surface area contributed by atoms with Crippen molar-refractivity contribution in [3.63, 3.8) is 0 Å². The smallest absolute Gasteiger partial charge is 0.331 e. The molecule has 1 aromatic carbocycles. The summed E-state index contributed by atoms with van der Waals surface area (Å²) in [6.45, 7) is 3.91. The molecule has 0 aliphatic heterocycles. The molecule has 4 nitrogen and oxygen atoms in total. The highest BCUT2D eigenvalue weighted by Crippen LogP contribution is 2.23. The van der Waals surface area contributed by atoms with Crippen LogP contribution in [0.5, 0.6) is 0 Å². The van der Waals surface area contributed by atoms with Crippen molar-refractivity contribution in [2.75, 3.05) is 6.61 Å². The Labute approximate surface area is 137 Å². The lowest BCUT2D eigenvalue weighted by Gasteiger charge is -2.29. The van der Waals surface area contributed by atoms with Gasteiger partial charge in [-0.25, -0.2) is 4.79 Å². The Balaban J connectivity index is 1.75. The predicted octanol–water partition coefficient (Wildman–Crippen LogP) is 3.25. The van der Waals surface area contributed by atoms with Crippen LogP contribution in [0.3, 0.4) is 0 Å². The molecule has 1 amide bonds. The summed E-state index contributed by atoms with van der Waals surface area (Å²) >= 11 is 0. The van der Waals surface area contributed by atoms with Gasteiger partial charge in [0.15, 0.2) is 6.61 Å². The van der Waals surface area contributed by atoms with Gasteiger partial charge in [-0.2, -0.15) is 0 Å². The lowest BCUT2D eigenvalue weighted by molar-refractivity contribution is -0.144. The van der Waals surface area contributed by atoms with Crippen molar-refractivity contribution in [1.82, 2.24) is 5.32 Å². The van der Waals surface area contributed by atoms with Crippen molar-refractivity contribution in [2.24, 2.45) is 5.92 Å². The van der Waals surface area contributed by atoms with E-state index in [1.54, 1.807) is 6.08 Å². The summed E-state index contributed by atoms with van der Waals surface area (Å²) < 4.78 is 5.00. The fourth-order valence-electron chi connectivity index (χ4n) is 2.90. The first-order valence-electron chi connectivity index (χ1n) is 8.26. The molecule has 2 rings (SSSR count). The van der Waals surface area contributed by atoms with Gasteiger partial charge in [0.25, 0.3) is 5.91 Å². The first-order chi connectivity index (χ1) is 11.1. The summed E-state index contributed by atoms with van der Waals surface area (Å²) in [6.07, 6.45) is 7.59. The normalized spacial score (nSPS) is 21.1. The van der Waals surface area contributed by atoms with Gasteiger partial charge in [-0.15, -0.1) is 0 Å². The van der Waals surface area contributed by atoms with E-state index in [0.29, 0.717) is 5.92 Å². The van der Waals surface area contributed by atoms with Crippen LogP contribution in [0.15, 0.2) is 30.3 Å². The number of ether oxygens (including phenoxy) is 1. The fourth-order valence-corrected chi connectivity index (χ4v) is 2.90. The molecule has 0 unspecified atom stereocenters. The minimum atomic E-state index is -0.500. The van der Waals surface area contributed by atoms with Crippen LogP contribution in [0.25, 0.3) is 6.08 Å². The van der Waals surface area contributed by atoms with E-state index in [9.17, 15) is 9.59 Å². The Kier molecular flexibility index (Phi) is 6.39. The zero-order chi connectivity index (χ0) is 16.7. The van der Waals surface area contributed by atoms with Gasteiger partial charge in [-0.05, 0) is 42.9 Å². The van der Waals surface area contributed by atoms with Gasteiger partial charge in [0.05, 0.1) is 0 Å². The summed E-state index contributed by atoms with van der Waals surface area (Å²) in [7, 11) is 0. The topological polar surface area (TPSA) is 55.4 Å². The van der Waals surface area contributed by atoms with Crippen LogP contribution in [-0.4, -0.2) is 24.5 Å². The van der Waals surface area contributed by atoms with Crippen molar-refractivity contribution in [3.05, 3.63) is 41.5 Å². The average Bonchev–Trinajstić information content (AvgIpc) is 2.54. The van der Waals surface area contributed by atoms with E-state index in [1.165, 1.54) is 12.5 Å². The molecule has 124 valence electrons. The third kappa shape index (κ3) is 5.55. The highest BCUT2D eigenvalue weighted by molar-refractivity contribution is 5.89. The molecule has 1 N–H and O–H groups in total. The van der Waals surface area contributed by atoms with Crippen molar-refractivity contribution >= 4 is 18.0 Å². The number of benzene rings is 1. The molecular formula is C19H25NO3. The number of carbonyl (C=O) groups excluding carboxylic acids is 2. The van der Waals surface area contributed by atoms with Crippen LogP contribution in [0.4, 0.5) is 0 Å². The van der Waals surface area contributed by atoms with Gasteiger partial charge in [-0.1, -0.05) is 44.0 Å². The van der Waals surface area contributed by atoms with Gasteiger partial charge in [0.1, 0.15) is 0 Å². The maximum absolute atomic E-state index is 11.9. The van der Waals surface area contributed by atoms with Gasteiger partial charge >= 0.3 is 5.97 Å². The van der Waals surface area contributed by atoms with E-state index in [-0.39, 0.29) is 18.6 Å². The molecule has 4 heteroatoms. The first kappa shape index (κ1) is 17.3. The largest absolute Gasteiger partial charge is 0.452 e. The molecule has 0 bridgehead atoms. The molecular weight excluding hydrogens is 290 g/mol. The molecule has 0 saturated heterocycles. The second kappa shape index (κ2) is 8.51. The number of aryl methyl sites for hydroxylation is 1. The van der Waals surface area contributed by atoms with Crippen molar-refractivity contribution in [3.8, 4) is 0 Å². The molecule has 1 fully saturated rings. The Morgan fingerprint density at radius 3 is 2.74 bits per heavy atom.